The number of nitrogens with one attached hydrogen (secondary N) is 2. The number of aromatic nitrogens is 4. The molecule has 0 spiro atoms. The van der Waals surface area contributed by atoms with Gasteiger partial charge in [0.2, 0.25) is 5.91 Å². The Balaban J connectivity index is 1.64. The number of methoxy groups -OCH3 is 1. The van der Waals surface area contributed by atoms with Crippen molar-refractivity contribution in [2.45, 2.75) is 6.92 Å². The highest BCUT2D eigenvalue weighted by atomic mass is 16.5. The fourth-order valence-electron chi connectivity index (χ4n) is 2.30. The van der Waals surface area contributed by atoms with Crippen LogP contribution in [0.4, 0.5) is 11.4 Å². The van der Waals surface area contributed by atoms with Crippen LogP contribution in [0, 0.1) is 6.92 Å². The largest absolute Gasteiger partial charge is 0.497 e. The molecule has 0 unspecified atom stereocenters. The molecule has 8 nitrogen and oxygen atoms in total. The Morgan fingerprint density at radius 2 is 2.12 bits per heavy atom. The van der Waals surface area contributed by atoms with Crippen molar-refractivity contribution in [2.24, 2.45) is 0 Å². The number of aryl methyl sites for hydroxylation is 1. The fraction of sp³-hybridized carbons (Fsp3) is 0.176. The third-order valence-electron chi connectivity index (χ3n) is 3.63. The number of ether oxygens (including phenoxy) is 1. The van der Waals surface area contributed by atoms with Gasteiger partial charge in [0.1, 0.15) is 12.1 Å². The summed E-state index contributed by atoms with van der Waals surface area (Å²) in [5, 5.41) is 17.1. The topological polar surface area (TPSA) is 94.0 Å². The highest BCUT2D eigenvalue weighted by Crippen LogP contribution is 2.19. The minimum Gasteiger partial charge on any atom is -0.497 e. The molecule has 8 heteroatoms. The summed E-state index contributed by atoms with van der Waals surface area (Å²) in [5.41, 5.74) is 3.36. The highest BCUT2D eigenvalue weighted by molar-refractivity contribution is 5.94. The summed E-state index contributed by atoms with van der Waals surface area (Å²) in [6, 6.07) is 13.0. The molecule has 0 radical (unpaired) electrons. The molecule has 0 aliphatic carbocycles. The average molecular weight is 338 g/mol. The molecule has 2 aromatic carbocycles. The Kier molecular flexibility index (Phi) is 4.89. The maximum atomic E-state index is 12.2. The number of carbonyl (C=O) groups excluding carboxylic acids is 1. The van der Waals surface area contributed by atoms with E-state index in [4.69, 9.17) is 4.74 Å². The lowest BCUT2D eigenvalue weighted by atomic mass is 10.2. The van der Waals surface area contributed by atoms with Gasteiger partial charge in [-0.05, 0) is 47.2 Å². The van der Waals surface area contributed by atoms with Crippen LogP contribution in [0.15, 0.2) is 48.8 Å². The van der Waals surface area contributed by atoms with Crippen molar-refractivity contribution >= 4 is 17.3 Å². The van der Waals surface area contributed by atoms with E-state index in [1.807, 2.05) is 43.3 Å². The number of anilines is 2. The van der Waals surface area contributed by atoms with Gasteiger partial charge in [-0.3, -0.25) is 4.79 Å². The van der Waals surface area contributed by atoms with Gasteiger partial charge >= 0.3 is 0 Å². The second-order valence-electron chi connectivity index (χ2n) is 5.39. The van der Waals surface area contributed by atoms with E-state index in [1.165, 1.54) is 6.33 Å². The summed E-state index contributed by atoms with van der Waals surface area (Å²) >= 11 is 0. The Hall–Kier alpha value is -3.42. The Morgan fingerprint density at radius 3 is 2.88 bits per heavy atom. The summed E-state index contributed by atoms with van der Waals surface area (Å²) in [6.07, 6.45) is 1.52. The van der Waals surface area contributed by atoms with Crippen molar-refractivity contribution < 1.29 is 9.53 Å². The molecule has 0 saturated carbocycles. The van der Waals surface area contributed by atoms with Crippen molar-refractivity contribution in [1.82, 2.24) is 20.2 Å². The van der Waals surface area contributed by atoms with E-state index in [-0.39, 0.29) is 12.5 Å². The van der Waals surface area contributed by atoms with Crippen LogP contribution in [0.5, 0.6) is 5.75 Å². The summed E-state index contributed by atoms with van der Waals surface area (Å²) in [6.45, 7) is 2.10. The predicted molar refractivity (Wildman–Crippen MR) is 94.0 cm³/mol. The third-order valence-corrected chi connectivity index (χ3v) is 3.63. The highest BCUT2D eigenvalue weighted by Gasteiger charge is 2.07. The fourth-order valence-corrected chi connectivity index (χ4v) is 2.30. The van der Waals surface area contributed by atoms with Crippen LogP contribution in [0.1, 0.15) is 5.56 Å². The first-order valence-electron chi connectivity index (χ1n) is 7.67. The Bertz CT molecular complexity index is 863. The SMILES string of the molecule is COc1cccc(NC(=O)CNc2cc(-n3cnnn3)ccc2C)c1. The number of hydrogen-bond acceptors (Lipinski definition) is 6. The first-order valence-corrected chi connectivity index (χ1v) is 7.67. The summed E-state index contributed by atoms with van der Waals surface area (Å²) in [4.78, 5) is 12.2. The number of rotatable bonds is 6. The molecule has 0 atom stereocenters. The molecule has 1 aromatic heterocycles. The monoisotopic (exact) mass is 338 g/mol. The van der Waals surface area contributed by atoms with Crippen LogP contribution in [-0.2, 0) is 4.79 Å². The van der Waals surface area contributed by atoms with Gasteiger partial charge in [-0.2, -0.15) is 0 Å². The number of benzene rings is 2. The smallest absolute Gasteiger partial charge is 0.243 e. The van der Waals surface area contributed by atoms with Gasteiger partial charge in [0, 0.05) is 17.4 Å². The van der Waals surface area contributed by atoms with Gasteiger partial charge in [-0.1, -0.05) is 12.1 Å². The van der Waals surface area contributed by atoms with E-state index in [1.54, 1.807) is 17.9 Å². The van der Waals surface area contributed by atoms with Gasteiger partial charge in [0.15, 0.2) is 0 Å². The van der Waals surface area contributed by atoms with Gasteiger partial charge in [0.25, 0.3) is 0 Å². The Morgan fingerprint density at radius 1 is 1.24 bits per heavy atom. The molecule has 0 aliphatic heterocycles. The first-order chi connectivity index (χ1) is 12.2. The van der Waals surface area contributed by atoms with E-state index >= 15 is 0 Å². The molecule has 1 amide bonds. The van der Waals surface area contributed by atoms with Gasteiger partial charge in [0.05, 0.1) is 19.3 Å². The zero-order valence-electron chi connectivity index (χ0n) is 13.9. The quantitative estimate of drug-likeness (QED) is 0.714. The average Bonchev–Trinajstić information content (AvgIpc) is 3.16. The van der Waals surface area contributed by atoms with Gasteiger partial charge in [-0.25, -0.2) is 4.68 Å². The summed E-state index contributed by atoms with van der Waals surface area (Å²) < 4.78 is 6.70. The number of amides is 1. The number of tetrazole rings is 1. The van der Waals surface area contributed by atoms with Crippen LogP contribution >= 0.6 is 0 Å². The van der Waals surface area contributed by atoms with Gasteiger partial charge < -0.3 is 15.4 Å². The minimum atomic E-state index is -0.152. The van der Waals surface area contributed by atoms with Crippen LogP contribution in [0.25, 0.3) is 5.69 Å². The predicted octanol–water partition coefficient (Wildman–Crippen LogP) is 2.03. The summed E-state index contributed by atoms with van der Waals surface area (Å²) in [5.74, 6) is 0.538. The first kappa shape index (κ1) is 16.4. The van der Waals surface area contributed by atoms with Crippen molar-refractivity contribution in [3.8, 4) is 11.4 Å². The standard InChI is InChI=1S/C17H18N6O2/c1-12-6-7-14(23-11-19-21-22-23)9-16(12)18-10-17(24)20-13-4-3-5-15(8-13)25-2/h3-9,11,18H,10H2,1-2H3,(H,20,24). The molecule has 0 fully saturated rings. The molecule has 128 valence electrons. The zero-order chi connectivity index (χ0) is 17.6. The van der Waals surface area contributed by atoms with Crippen molar-refractivity contribution in [2.75, 3.05) is 24.3 Å². The van der Waals surface area contributed by atoms with Crippen LogP contribution in [-0.4, -0.2) is 39.8 Å². The van der Waals surface area contributed by atoms with Crippen molar-refractivity contribution in [3.05, 3.63) is 54.4 Å². The lowest BCUT2D eigenvalue weighted by Crippen LogP contribution is -2.22. The minimum absolute atomic E-state index is 0.136. The Labute approximate surface area is 144 Å². The van der Waals surface area contributed by atoms with Crippen LogP contribution in [0.3, 0.4) is 0 Å². The van der Waals surface area contributed by atoms with E-state index < -0.39 is 0 Å². The second kappa shape index (κ2) is 7.43. The molecular formula is C17H18N6O2. The van der Waals surface area contributed by atoms with E-state index in [9.17, 15) is 4.79 Å². The molecule has 3 rings (SSSR count). The molecule has 0 saturated heterocycles. The van der Waals surface area contributed by atoms with Crippen LogP contribution in [0.2, 0.25) is 0 Å². The lowest BCUT2D eigenvalue weighted by molar-refractivity contribution is -0.114. The van der Waals surface area contributed by atoms with Crippen molar-refractivity contribution in [1.29, 1.82) is 0 Å². The molecule has 1 heterocycles. The number of nitrogens with zero attached hydrogens (tertiary/aromatic N) is 4. The summed E-state index contributed by atoms with van der Waals surface area (Å²) in [7, 11) is 1.59. The van der Waals surface area contributed by atoms with Crippen LogP contribution < -0.4 is 15.4 Å². The molecule has 25 heavy (non-hydrogen) atoms. The third kappa shape index (κ3) is 4.11. The normalized spacial score (nSPS) is 10.3. The number of carbonyl (C=O) groups is 1. The number of hydrogen-bond donors (Lipinski definition) is 2. The van der Waals surface area contributed by atoms with Gasteiger partial charge in [-0.15, -0.1) is 5.10 Å². The molecule has 0 aliphatic rings. The van der Waals surface area contributed by atoms with E-state index in [2.05, 4.69) is 26.2 Å². The second-order valence-corrected chi connectivity index (χ2v) is 5.39. The molecule has 0 bridgehead atoms. The zero-order valence-corrected chi connectivity index (χ0v) is 13.9. The molecular weight excluding hydrogens is 320 g/mol. The molecule has 3 aromatic rings. The molecule has 2 N–H and O–H groups in total. The lowest BCUT2D eigenvalue weighted by Gasteiger charge is -2.12. The maximum Gasteiger partial charge on any atom is 0.243 e. The van der Waals surface area contributed by atoms with E-state index in [0.29, 0.717) is 11.4 Å². The maximum absolute atomic E-state index is 12.2. The van der Waals surface area contributed by atoms with E-state index in [0.717, 1.165) is 16.9 Å². The van der Waals surface area contributed by atoms with Crippen molar-refractivity contribution in [3.63, 3.8) is 0 Å².